The number of amides is 1. The number of carbonyl (C=O) groups is 1. The summed E-state index contributed by atoms with van der Waals surface area (Å²) in [5, 5.41) is 2.94. The van der Waals surface area contributed by atoms with Crippen LogP contribution in [0.1, 0.15) is 23.7 Å². The summed E-state index contributed by atoms with van der Waals surface area (Å²) in [5.41, 5.74) is 3.50. The maximum Gasteiger partial charge on any atom is 0.253 e. The van der Waals surface area contributed by atoms with E-state index >= 15 is 0 Å². The number of nitrogen functional groups attached to an aromatic ring is 1. The quantitative estimate of drug-likeness (QED) is 0.504. The van der Waals surface area contributed by atoms with Crippen molar-refractivity contribution in [2.75, 3.05) is 26.1 Å². The van der Waals surface area contributed by atoms with Crippen LogP contribution in [0.5, 0.6) is 0 Å². The molecule has 18 heavy (non-hydrogen) atoms. The Morgan fingerprint density at radius 3 is 2.89 bits per heavy atom. The number of hydrogen-bond acceptors (Lipinski definition) is 5. The van der Waals surface area contributed by atoms with E-state index in [0.717, 1.165) is 13.0 Å². The molecule has 0 bridgehead atoms. The van der Waals surface area contributed by atoms with Gasteiger partial charge in [0.15, 0.2) is 0 Å². The van der Waals surface area contributed by atoms with E-state index in [2.05, 4.69) is 20.6 Å². The minimum Gasteiger partial charge on any atom is -0.349 e. The van der Waals surface area contributed by atoms with Crippen LogP contribution in [0.25, 0.3) is 0 Å². The van der Waals surface area contributed by atoms with E-state index in [1.807, 2.05) is 21.0 Å². The van der Waals surface area contributed by atoms with Gasteiger partial charge in [0.2, 0.25) is 0 Å². The molecule has 6 nitrogen and oxygen atoms in total. The molecule has 0 aliphatic rings. The van der Waals surface area contributed by atoms with Gasteiger partial charge in [-0.2, -0.15) is 0 Å². The smallest absolute Gasteiger partial charge is 0.253 e. The second-order valence-electron chi connectivity index (χ2n) is 4.53. The summed E-state index contributed by atoms with van der Waals surface area (Å²) in [7, 11) is 4.02. The molecule has 4 N–H and O–H groups in total. The number of anilines is 1. The lowest BCUT2D eigenvalue weighted by Crippen LogP contribution is -2.35. The normalized spacial score (nSPS) is 12.3. The first-order valence-corrected chi connectivity index (χ1v) is 5.90. The van der Waals surface area contributed by atoms with Crippen LogP contribution in [-0.4, -0.2) is 42.5 Å². The molecule has 1 atom stereocenters. The van der Waals surface area contributed by atoms with Crippen LogP contribution < -0.4 is 16.6 Å². The van der Waals surface area contributed by atoms with Gasteiger partial charge in [-0.25, -0.2) is 0 Å². The van der Waals surface area contributed by atoms with E-state index < -0.39 is 0 Å². The maximum atomic E-state index is 12.0. The van der Waals surface area contributed by atoms with E-state index in [1.54, 1.807) is 12.3 Å². The van der Waals surface area contributed by atoms with Crippen molar-refractivity contribution in [1.29, 1.82) is 0 Å². The van der Waals surface area contributed by atoms with E-state index in [1.165, 1.54) is 6.20 Å². The fourth-order valence-electron chi connectivity index (χ4n) is 1.53. The van der Waals surface area contributed by atoms with Crippen molar-refractivity contribution >= 4 is 11.6 Å². The van der Waals surface area contributed by atoms with Crippen molar-refractivity contribution in [3.63, 3.8) is 0 Å². The van der Waals surface area contributed by atoms with Gasteiger partial charge in [-0.3, -0.25) is 15.6 Å². The van der Waals surface area contributed by atoms with Crippen LogP contribution in [0.15, 0.2) is 18.5 Å². The van der Waals surface area contributed by atoms with E-state index in [4.69, 9.17) is 5.84 Å². The number of carbonyl (C=O) groups excluding carboxylic acids is 1. The molecule has 6 heteroatoms. The topological polar surface area (TPSA) is 83.3 Å². The monoisotopic (exact) mass is 251 g/mol. The third-order valence-electron chi connectivity index (χ3n) is 2.61. The lowest BCUT2D eigenvalue weighted by molar-refractivity contribution is 0.0937. The summed E-state index contributed by atoms with van der Waals surface area (Å²) < 4.78 is 0. The van der Waals surface area contributed by atoms with Crippen molar-refractivity contribution in [1.82, 2.24) is 15.2 Å². The summed E-state index contributed by atoms with van der Waals surface area (Å²) in [4.78, 5) is 18.0. The maximum absolute atomic E-state index is 12.0. The van der Waals surface area contributed by atoms with Gasteiger partial charge in [-0.05, 0) is 40.1 Å². The average molecular weight is 251 g/mol. The molecule has 0 spiro atoms. The zero-order valence-electron chi connectivity index (χ0n) is 11.1. The Morgan fingerprint density at radius 2 is 2.28 bits per heavy atom. The zero-order valence-corrected chi connectivity index (χ0v) is 11.1. The van der Waals surface area contributed by atoms with E-state index in [9.17, 15) is 4.79 Å². The molecule has 1 heterocycles. The third-order valence-corrected chi connectivity index (χ3v) is 2.61. The predicted molar refractivity (Wildman–Crippen MR) is 72.1 cm³/mol. The highest BCUT2D eigenvalue weighted by molar-refractivity contribution is 5.99. The largest absolute Gasteiger partial charge is 0.349 e. The molecule has 0 radical (unpaired) electrons. The molecule has 0 aliphatic carbocycles. The van der Waals surface area contributed by atoms with Gasteiger partial charge in [-0.15, -0.1) is 0 Å². The van der Waals surface area contributed by atoms with Gasteiger partial charge in [0.1, 0.15) is 0 Å². The SMILES string of the molecule is CC(CCN(C)C)NC(=O)c1ccncc1NN. The summed E-state index contributed by atoms with van der Waals surface area (Å²) in [6.45, 7) is 2.91. The van der Waals surface area contributed by atoms with Crippen molar-refractivity contribution < 1.29 is 4.79 Å². The van der Waals surface area contributed by atoms with Crippen molar-refractivity contribution in [3.8, 4) is 0 Å². The highest BCUT2D eigenvalue weighted by Crippen LogP contribution is 2.11. The van der Waals surface area contributed by atoms with Gasteiger partial charge in [0.05, 0.1) is 17.4 Å². The van der Waals surface area contributed by atoms with Gasteiger partial charge in [-0.1, -0.05) is 0 Å². The Morgan fingerprint density at radius 1 is 1.56 bits per heavy atom. The summed E-state index contributed by atoms with van der Waals surface area (Å²) in [6.07, 6.45) is 3.99. The molecule has 0 saturated carbocycles. The number of nitrogens with zero attached hydrogens (tertiary/aromatic N) is 2. The lowest BCUT2D eigenvalue weighted by Gasteiger charge is -2.17. The fraction of sp³-hybridized carbons (Fsp3) is 0.500. The molecule has 0 fully saturated rings. The second-order valence-corrected chi connectivity index (χ2v) is 4.53. The van der Waals surface area contributed by atoms with Gasteiger partial charge < -0.3 is 15.6 Å². The standard InChI is InChI=1S/C12H21N5O/c1-9(5-7-17(2)3)15-12(18)10-4-6-14-8-11(10)16-13/h4,6,8-9,16H,5,7,13H2,1-3H3,(H,15,18). The molecule has 100 valence electrons. The zero-order chi connectivity index (χ0) is 13.5. The first kappa shape index (κ1) is 14.4. The molecule has 1 rings (SSSR count). The number of hydrazine groups is 1. The van der Waals surface area contributed by atoms with Crippen LogP contribution in [0.4, 0.5) is 5.69 Å². The van der Waals surface area contributed by atoms with Crippen LogP contribution in [0, 0.1) is 0 Å². The van der Waals surface area contributed by atoms with Crippen LogP contribution in [0.3, 0.4) is 0 Å². The highest BCUT2D eigenvalue weighted by Gasteiger charge is 2.13. The van der Waals surface area contributed by atoms with Crippen LogP contribution in [0.2, 0.25) is 0 Å². The Kier molecular flexibility index (Phi) is 5.54. The molecule has 0 aliphatic heterocycles. The number of pyridine rings is 1. The molecule has 0 saturated heterocycles. The molecule has 1 aromatic heterocycles. The molecule has 1 unspecified atom stereocenters. The van der Waals surface area contributed by atoms with Crippen molar-refractivity contribution in [2.45, 2.75) is 19.4 Å². The number of rotatable bonds is 6. The third kappa shape index (κ3) is 4.31. The average Bonchev–Trinajstić information content (AvgIpc) is 2.36. The number of nitrogens with two attached hydrogens (primary N) is 1. The van der Waals surface area contributed by atoms with Crippen LogP contribution >= 0.6 is 0 Å². The first-order chi connectivity index (χ1) is 8.54. The van der Waals surface area contributed by atoms with Crippen LogP contribution in [-0.2, 0) is 0 Å². The molecule has 1 aromatic rings. The predicted octanol–water partition coefficient (Wildman–Crippen LogP) is 0.437. The Hall–Kier alpha value is -1.66. The van der Waals surface area contributed by atoms with E-state index in [0.29, 0.717) is 11.3 Å². The lowest BCUT2D eigenvalue weighted by atomic mass is 10.1. The second kappa shape index (κ2) is 6.93. The number of hydrogen-bond donors (Lipinski definition) is 3. The minimum atomic E-state index is -0.142. The summed E-state index contributed by atoms with van der Waals surface area (Å²) >= 11 is 0. The first-order valence-electron chi connectivity index (χ1n) is 5.90. The molecular formula is C12H21N5O. The van der Waals surface area contributed by atoms with Crippen molar-refractivity contribution in [2.24, 2.45) is 5.84 Å². The van der Waals surface area contributed by atoms with E-state index in [-0.39, 0.29) is 11.9 Å². The van der Waals surface area contributed by atoms with Gasteiger partial charge in [0, 0.05) is 12.2 Å². The number of nitrogens with one attached hydrogen (secondary N) is 2. The Balaban J connectivity index is 2.59. The molecule has 1 amide bonds. The van der Waals surface area contributed by atoms with Gasteiger partial charge >= 0.3 is 0 Å². The Labute approximate surface area is 108 Å². The highest BCUT2D eigenvalue weighted by atomic mass is 16.1. The summed E-state index contributed by atoms with van der Waals surface area (Å²) in [5.74, 6) is 5.20. The molecule has 0 aromatic carbocycles. The summed E-state index contributed by atoms with van der Waals surface area (Å²) in [6, 6.07) is 1.75. The van der Waals surface area contributed by atoms with Gasteiger partial charge in [0.25, 0.3) is 5.91 Å². The minimum absolute atomic E-state index is 0.110. The molecular weight excluding hydrogens is 230 g/mol. The fourth-order valence-corrected chi connectivity index (χ4v) is 1.53. The Bertz CT molecular complexity index is 394. The van der Waals surface area contributed by atoms with Crippen molar-refractivity contribution in [3.05, 3.63) is 24.0 Å². The number of aromatic nitrogens is 1.